The third-order valence-corrected chi connectivity index (χ3v) is 6.51. The van der Waals surface area contributed by atoms with Crippen molar-refractivity contribution in [2.24, 2.45) is 0 Å². The maximum Gasteiger partial charge on any atom is 0.265 e. The summed E-state index contributed by atoms with van der Waals surface area (Å²) >= 11 is 1.45. The Balaban J connectivity index is 0.00000181. The van der Waals surface area contributed by atoms with E-state index in [1.165, 1.54) is 16.9 Å². The van der Waals surface area contributed by atoms with E-state index in [9.17, 15) is 4.79 Å². The molecule has 0 spiro atoms. The molecule has 1 aromatic carbocycles. The van der Waals surface area contributed by atoms with E-state index in [0.29, 0.717) is 6.10 Å². The lowest BCUT2D eigenvalue weighted by Gasteiger charge is -2.15. The van der Waals surface area contributed by atoms with Gasteiger partial charge < -0.3 is 19.7 Å². The second-order valence-corrected chi connectivity index (χ2v) is 8.88. The van der Waals surface area contributed by atoms with Gasteiger partial charge in [0.1, 0.15) is 4.88 Å². The molecule has 0 radical (unpaired) electrons. The van der Waals surface area contributed by atoms with E-state index in [0.717, 1.165) is 79.4 Å². The lowest BCUT2D eigenvalue weighted by atomic mass is 10.2. The lowest BCUT2D eigenvalue weighted by molar-refractivity contribution is 0.0793. The quantitative estimate of drug-likeness (QED) is 0.421. The van der Waals surface area contributed by atoms with Crippen LogP contribution in [0.4, 0.5) is 0 Å². The minimum atomic E-state index is 0. The molecular weight excluding hydrogens is 471 g/mol. The largest absolute Gasteiger partial charge is 0.385 e. The SMILES string of the molecule is COCCCCN(C)C(=O)c1cn2c(nc3cc(CNCC4CCCO4)ccc32)s1.Cl.Cl. The van der Waals surface area contributed by atoms with E-state index in [2.05, 4.69) is 23.5 Å². The number of rotatable bonds is 10. The standard InChI is InChI=1S/C22H30N4O3S.2ClH/c1-25(9-3-4-10-28-2)21(27)20-15-26-19-8-7-16(12-18(19)24-22(26)30-20)13-23-14-17-6-5-11-29-17;;/h7-8,12,15,17,23H,3-6,9-11,13-14H2,1-2H3;2*1H. The number of nitrogens with one attached hydrogen (secondary N) is 1. The summed E-state index contributed by atoms with van der Waals surface area (Å²) in [6.45, 7) is 4.04. The van der Waals surface area contributed by atoms with Crippen molar-refractivity contribution >= 4 is 58.1 Å². The van der Waals surface area contributed by atoms with Gasteiger partial charge >= 0.3 is 0 Å². The number of carbonyl (C=O) groups is 1. The van der Waals surface area contributed by atoms with Crippen LogP contribution in [0.1, 0.15) is 40.9 Å². The fourth-order valence-corrected chi connectivity index (χ4v) is 4.83. The average molecular weight is 503 g/mol. The molecule has 0 saturated carbocycles. The molecule has 7 nitrogen and oxygen atoms in total. The topological polar surface area (TPSA) is 68.1 Å². The molecule has 1 fully saturated rings. The Kier molecular flexibility index (Phi) is 10.7. The first kappa shape index (κ1) is 26.8. The number of amides is 1. The monoisotopic (exact) mass is 502 g/mol. The third kappa shape index (κ3) is 6.34. The zero-order valence-electron chi connectivity index (χ0n) is 18.5. The molecule has 2 aromatic heterocycles. The van der Waals surface area contributed by atoms with Gasteiger partial charge in [0.2, 0.25) is 0 Å². The van der Waals surface area contributed by atoms with Crippen molar-refractivity contribution in [1.29, 1.82) is 0 Å². The van der Waals surface area contributed by atoms with Crippen LogP contribution in [-0.2, 0) is 16.0 Å². The van der Waals surface area contributed by atoms with E-state index in [4.69, 9.17) is 14.5 Å². The number of nitrogens with zero attached hydrogens (tertiary/aromatic N) is 3. The smallest absolute Gasteiger partial charge is 0.265 e. The van der Waals surface area contributed by atoms with Crippen molar-refractivity contribution in [2.75, 3.05) is 40.5 Å². The van der Waals surface area contributed by atoms with Crippen LogP contribution >= 0.6 is 36.2 Å². The Labute approximate surface area is 205 Å². The molecule has 1 atom stereocenters. The Morgan fingerprint density at radius 2 is 2.22 bits per heavy atom. The first-order valence-corrected chi connectivity index (χ1v) is 11.4. The summed E-state index contributed by atoms with van der Waals surface area (Å²) in [5, 5.41) is 3.48. The number of unbranched alkanes of at least 4 members (excludes halogenated alkanes) is 1. The third-order valence-electron chi connectivity index (χ3n) is 5.54. The number of halogens is 2. The molecule has 1 N–H and O–H groups in total. The van der Waals surface area contributed by atoms with Gasteiger partial charge in [0.05, 0.1) is 17.1 Å². The molecule has 1 saturated heterocycles. The Hall–Kier alpha value is -1.42. The highest BCUT2D eigenvalue weighted by Crippen LogP contribution is 2.25. The van der Waals surface area contributed by atoms with Gasteiger partial charge in [0.25, 0.3) is 5.91 Å². The summed E-state index contributed by atoms with van der Waals surface area (Å²) < 4.78 is 12.8. The molecule has 0 bridgehead atoms. The van der Waals surface area contributed by atoms with Gasteiger partial charge in [-0.1, -0.05) is 17.4 Å². The van der Waals surface area contributed by atoms with Crippen LogP contribution in [0.2, 0.25) is 0 Å². The second-order valence-electron chi connectivity index (χ2n) is 7.88. The predicted molar refractivity (Wildman–Crippen MR) is 134 cm³/mol. The minimum absolute atomic E-state index is 0. The molecule has 1 aliphatic heterocycles. The maximum atomic E-state index is 12.7. The van der Waals surface area contributed by atoms with Gasteiger partial charge in [-0.25, -0.2) is 4.98 Å². The summed E-state index contributed by atoms with van der Waals surface area (Å²) in [7, 11) is 3.55. The number of aromatic nitrogens is 2. The number of thiazole rings is 1. The summed E-state index contributed by atoms with van der Waals surface area (Å²) in [6, 6.07) is 6.34. The number of fused-ring (bicyclic) bond motifs is 3. The number of hydrogen-bond donors (Lipinski definition) is 1. The normalized spacial score (nSPS) is 15.6. The van der Waals surface area contributed by atoms with Crippen molar-refractivity contribution in [1.82, 2.24) is 19.6 Å². The van der Waals surface area contributed by atoms with Gasteiger partial charge in [0.15, 0.2) is 4.96 Å². The van der Waals surface area contributed by atoms with Crippen molar-refractivity contribution in [3.63, 3.8) is 0 Å². The zero-order valence-corrected chi connectivity index (χ0v) is 21.0. The van der Waals surface area contributed by atoms with Gasteiger partial charge in [-0.2, -0.15) is 0 Å². The number of benzene rings is 1. The molecule has 3 aromatic rings. The van der Waals surface area contributed by atoms with Gasteiger partial charge in [-0.3, -0.25) is 9.20 Å². The molecule has 1 aliphatic rings. The molecule has 1 amide bonds. The Morgan fingerprint density at radius 3 is 2.97 bits per heavy atom. The zero-order chi connectivity index (χ0) is 20.9. The summed E-state index contributed by atoms with van der Waals surface area (Å²) in [4.78, 5) is 20.8. The lowest BCUT2D eigenvalue weighted by Crippen LogP contribution is -2.27. The number of hydrogen-bond acceptors (Lipinski definition) is 6. The molecule has 4 rings (SSSR count). The molecule has 0 aliphatic carbocycles. The fourth-order valence-electron chi connectivity index (χ4n) is 3.84. The molecule has 178 valence electrons. The van der Waals surface area contributed by atoms with E-state index in [1.54, 1.807) is 12.0 Å². The maximum absolute atomic E-state index is 12.7. The number of ether oxygens (including phenoxy) is 2. The van der Waals surface area contributed by atoms with Crippen LogP contribution in [-0.4, -0.2) is 66.8 Å². The first-order valence-electron chi connectivity index (χ1n) is 10.6. The highest BCUT2D eigenvalue weighted by molar-refractivity contribution is 7.18. The van der Waals surface area contributed by atoms with E-state index < -0.39 is 0 Å². The highest BCUT2D eigenvalue weighted by Gasteiger charge is 2.18. The van der Waals surface area contributed by atoms with Gasteiger partial charge in [0, 0.05) is 53.2 Å². The van der Waals surface area contributed by atoms with Crippen molar-refractivity contribution in [2.45, 2.75) is 38.3 Å². The van der Waals surface area contributed by atoms with E-state index in [1.807, 2.05) is 17.6 Å². The van der Waals surface area contributed by atoms with Crippen molar-refractivity contribution in [3.8, 4) is 0 Å². The summed E-state index contributed by atoms with van der Waals surface area (Å²) in [5.74, 6) is 0.0472. The van der Waals surface area contributed by atoms with Crippen LogP contribution in [0.3, 0.4) is 0 Å². The van der Waals surface area contributed by atoms with Crippen LogP contribution in [0, 0.1) is 0 Å². The number of carbonyl (C=O) groups excluding carboxylic acids is 1. The predicted octanol–water partition coefficient (Wildman–Crippen LogP) is 4.16. The Bertz CT molecular complexity index is 1000. The van der Waals surface area contributed by atoms with Gasteiger partial charge in [-0.05, 0) is 43.4 Å². The molecule has 10 heteroatoms. The van der Waals surface area contributed by atoms with Crippen LogP contribution < -0.4 is 5.32 Å². The van der Waals surface area contributed by atoms with E-state index >= 15 is 0 Å². The van der Waals surface area contributed by atoms with Crippen LogP contribution in [0.25, 0.3) is 16.0 Å². The number of methoxy groups -OCH3 is 1. The van der Waals surface area contributed by atoms with Crippen LogP contribution in [0.15, 0.2) is 24.4 Å². The summed E-state index contributed by atoms with van der Waals surface area (Å²) in [5.41, 5.74) is 3.20. The van der Waals surface area contributed by atoms with Crippen molar-refractivity contribution in [3.05, 3.63) is 34.8 Å². The molecule has 3 heterocycles. The first-order chi connectivity index (χ1) is 14.7. The van der Waals surface area contributed by atoms with E-state index in [-0.39, 0.29) is 30.7 Å². The molecule has 32 heavy (non-hydrogen) atoms. The molecule has 1 unspecified atom stereocenters. The fraction of sp³-hybridized carbons (Fsp3) is 0.545. The van der Waals surface area contributed by atoms with Crippen LogP contribution in [0.5, 0.6) is 0 Å². The average Bonchev–Trinajstić information content (AvgIpc) is 3.46. The Morgan fingerprint density at radius 1 is 1.38 bits per heavy atom. The van der Waals surface area contributed by atoms with Crippen molar-refractivity contribution < 1.29 is 14.3 Å². The minimum Gasteiger partial charge on any atom is -0.385 e. The number of imidazole rings is 1. The highest BCUT2D eigenvalue weighted by atomic mass is 35.5. The second kappa shape index (κ2) is 12.7. The summed E-state index contributed by atoms with van der Waals surface area (Å²) in [6.07, 6.45) is 6.46. The van der Waals surface area contributed by atoms with Gasteiger partial charge in [-0.15, -0.1) is 24.8 Å². The molecular formula is C22H32Cl2N4O3S.